The first-order valence-corrected chi connectivity index (χ1v) is 8.66. The summed E-state index contributed by atoms with van der Waals surface area (Å²) >= 11 is 3.08. The van der Waals surface area contributed by atoms with Gasteiger partial charge in [0, 0.05) is 18.5 Å². The number of nitrogens with zero attached hydrogens (tertiary/aromatic N) is 2. The van der Waals surface area contributed by atoms with Crippen LogP contribution in [0.2, 0.25) is 0 Å². The highest BCUT2D eigenvalue weighted by molar-refractivity contribution is 7.16. The number of aliphatic hydroxyl groups is 1. The third-order valence-corrected chi connectivity index (χ3v) is 5.10. The molecule has 2 aromatic rings. The smallest absolute Gasteiger partial charge is 0.240 e. The van der Waals surface area contributed by atoms with Gasteiger partial charge in [0.2, 0.25) is 5.91 Å². The Balaban J connectivity index is 1.53. The summed E-state index contributed by atoms with van der Waals surface area (Å²) in [5.74, 6) is -0.0431. The van der Waals surface area contributed by atoms with Crippen molar-refractivity contribution in [2.45, 2.75) is 18.9 Å². The summed E-state index contributed by atoms with van der Waals surface area (Å²) in [5.41, 5.74) is 0.909. The molecule has 3 heterocycles. The van der Waals surface area contributed by atoms with Crippen LogP contribution < -0.4 is 5.32 Å². The highest BCUT2D eigenvalue weighted by atomic mass is 32.1. The number of nitrogens with one attached hydrogen (secondary N) is 1. The van der Waals surface area contributed by atoms with E-state index in [1.165, 1.54) is 11.3 Å². The first-order chi connectivity index (χ1) is 10.2. The topological polar surface area (TPSA) is 65.5 Å². The zero-order valence-corrected chi connectivity index (χ0v) is 13.1. The SMILES string of the molecule is O=C(CN1CCC(O)CC1)Nc1nc(-c2cccs2)cs1. The zero-order chi connectivity index (χ0) is 14.7. The first kappa shape index (κ1) is 14.6. The molecule has 1 fully saturated rings. The predicted molar refractivity (Wildman–Crippen MR) is 85.7 cm³/mol. The zero-order valence-electron chi connectivity index (χ0n) is 11.5. The number of thiazole rings is 1. The van der Waals surface area contributed by atoms with E-state index >= 15 is 0 Å². The number of aliphatic hydroxyl groups excluding tert-OH is 1. The van der Waals surface area contributed by atoms with Crippen molar-refractivity contribution >= 4 is 33.7 Å². The van der Waals surface area contributed by atoms with Crippen LogP contribution in [0.25, 0.3) is 10.6 Å². The lowest BCUT2D eigenvalue weighted by Gasteiger charge is -2.28. The minimum atomic E-state index is -0.211. The summed E-state index contributed by atoms with van der Waals surface area (Å²) in [6, 6.07) is 4.01. The number of hydrogen-bond donors (Lipinski definition) is 2. The number of aromatic nitrogens is 1. The van der Waals surface area contributed by atoms with Crippen LogP contribution in [0.15, 0.2) is 22.9 Å². The number of rotatable bonds is 4. The molecule has 1 aliphatic heterocycles. The van der Waals surface area contributed by atoms with E-state index in [9.17, 15) is 9.90 Å². The minimum absolute atomic E-state index is 0.0431. The van der Waals surface area contributed by atoms with Crippen molar-refractivity contribution in [2.24, 2.45) is 0 Å². The quantitative estimate of drug-likeness (QED) is 0.906. The lowest BCUT2D eigenvalue weighted by Crippen LogP contribution is -2.40. The van der Waals surface area contributed by atoms with E-state index < -0.39 is 0 Å². The Hall–Kier alpha value is -1.28. The van der Waals surface area contributed by atoms with Crippen molar-refractivity contribution in [1.82, 2.24) is 9.88 Å². The molecule has 0 saturated carbocycles. The van der Waals surface area contributed by atoms with E-state index in [2.05, 4.69) is 15.2 Å². The van der Waals surface area contributed by atoms with Crippen LogP contribution in [0.1, 0.15) is 12.8 Å². The molecule has 0 unspecified atom stereocenters. The number of carbonyl (C=O) groups excluding carboxylic acids is 1. The molecule has 1 aliphatic rings. The molecule has 1 amide bonds. The molecular weight excluding hydrogens is 306 g/mol. The Bertz CT molecular complexity index is 589. The number of piperidine rings is 1. The average Bonchev–Trinajstić information content (AvgIpc) is 3.12. The number of likely N-dealkylation sites (tertiary alicyclic amines) is 1. The molecule has 21 heavy (non-hydrogen) atoms. The summed E-state index contributed by atoms with van der Waals surface area (Å²) in [4.78, 5) is 19.6. The molecule has 5 nitrogen and oxygen atoms in total. The van der Waals surface area contributed by atoms with Gasteiger partial charge in [-0.2, -0.15) is 0 Å². The molecule has 0 aromatic carbocycles. The van der Waals surface area contributed by atoms with Crippen molar-refractivity contribution in [3.63, 3.8) is 0 Å². The summed E-state index contributed by atoms with van der Waals surface area (Å²) < 4.78 is 0. The molecular formula is C14H17N3O2S2. The van der Waals surface area contributed by atoms with Crippen LogP contribution in [-0.2, 0) is 4.79 Å². The molecule has 0 atom stereocenters. The lowest BCUT2D eigenvalue weighted by atomic mass is 10.1. The second-order valence-electron chi connectivity index (χ2n) is 5.07. The van der Waals surface area contributed by atoms with Crippen LogP contribution in [-0.4, -0.2) is 46.6 Å². The Morgan fingerprint density at radius 2 is 2.24 bits per heavy atom. The van der Waals surface area contributed by atoms with Crippen molar-refractivity contribution in [3.8, 4) is 10.6 Å². The van der Waals surface area contributed by atoms with Crippen molar-refractivity contribution in [3.05, 3.63) is 22.9 Å². The molecule has 3 rings (SSSR count). The van der Waals surface area contributed by atoms with Crippen LogP contribution >= 0.6 is 22.7 Å². The van der Waals surface area contributed by atoms with Crippen LogP contribution in [0.4, 0.5) is 5.13 Å². The fourth-order valence-corrected chi connectivity index (χ4v) is 3.80. The molecule has 7 heteroatoms. The summed E-state index contributed by atoms with van der Waals surface area (Å²) in [6.07, 6.45) is 1.27. The first-order valence-electron chi connectivity index (χ1n) is 6.90. The summed E-state index contributed by atoms with van der Waals surface area (Å²) in [7, 11) is 0. The largest absolute Gasteiger partial charge is 0.393 e. The van der Waals surface area contributed by atoms with Gasteiger partial charge < -0.3 is 10.4 Å². The van der Waals surface area contributed by atoms with E-state index in [4.69, 9.17) is 0 Å². The normalized spacial score (nSPS) is 17.0. The molecule has 0 bridgehead atoms. The van der Waals surface area contributed by atoms with Gasteiger partial charge in [0.05, 0.1) is 23.2 Å². The molecule has 0 aliphatic carbocycles. The Labute approximate surface area is 131 Å². The van der Waals surface area contributed by atoms with E-state index in [-0.39, 0.29) is 12.0 Å². The maximum atomic E-state index is 12.0. The van der Waals surface area contributed by atoms with Gasteiger partial charge in [-0.1, -0.05) is 6.07 Å². The fourth-order valence-electron chi connectivity index (χ4n) is 2.31. The van der Waals surface area contributed by atoms with Crippen LogP contribution in [0, 0.1) is 0 Å². The van der Waals surface area contributed by atoms with E-state index in [0.717, 1.165) is 36.5 Å². The Morgan fingerprint density at radius 1 is 1.43 bits per heavy atom. The lowest BCUT2D eigenvalue weighted by molar-refractivity contribution is -0.117. The van der Waals surface area contributed by atoms with Gasteiger partial charge in [-0.25, -0.2) is 4.98 Å². The predicted octanol–water partition coefficient (Wildman–Crippen LogP) is 2.27. The number of amides is 1. The Kier molecular flexibility index (Phi) is 4.64. The van der Waals surface area contributed by atoms with Crippen molar-refractivity contribution < 1.29 is 9.90 Å². The summed E-state index contributed by atoms with van der Waals surface area (Å²) in [6.45, 7) is 1.90. The van der Waals surface area contributed by atoms with E-state index in [1.807, 2.05) is 22.9 Å². The minimum Gasteiger partial charge on any atom is -0.393 e. The van der Waals surface area contributed by atoms with Gasteiger partial charge >= 0.3 is 0 Å². The average molecular weight is 323 g/mol. The van der Waals surface area contributed by atoms with Crippen molar-refractivity contribution in [2.75, 3.05) is 25.0 Å². The molecule has 0 spiro atoms. The van der Waals surface area contributed by atoms with Gasteiger partial charge in [-0.15, -0.1) is 22.7 Å². The maximum absolute atomic E-state index is 12.0. The Morgan fingerprint density at radius 3 is 2.95 bits per heavy atom. The third kappa shape index (κ3) is 3.88. The van der Waals surface area contributed by atoms with Gasteiger partial charge in [-0.3, -0.25) is 9.69 Å². The van der Waals surface area contributed by atoms with E-state index in [0.29, 0.717) is 11.7 Å². The second kappa shape index (κ2) is 6.65. The van der Waals surface area contributed by atoms with Gasteiger partial charge in [0.1, 0.15) is 0 Å². The van der Waals surface area contributed by atoms with Gasteiger partial charge in [-0.05, 0) is 24.3 Å². The number of thiophene rings is 1. The van der Waals surface area contributed by atoms with Crippen molar-refractivity contribution in [1.29, 1.82) is 0 Å². The number of anilines is 1. The molecule has 0 radical (unpaired) electrons. The third-order valence-electron chi connectivity index (χ3n) is 3.45. The highest BCUT2D eigenvalue weighted by Crippen LogP contribution is 2.28. The van der Waals surface area contributed by atoms with E-state index in [1.54, 1.807) is 11.3 Å². The molecule has 1 saturated heterocycles. The van der Waals surface area contributed by atoms with Gasteiger partial charge in [0.15, 0.2) is 5.13 Å². The maximum Gasteiger partial charge on any atom is 0.240 e. The molecule has 2 aromatic heterocycles. The monoisotopic (exact) mass is 323 g/mol. The molecule has 2 N–H and O–H groups in total. The standard InChI is InChI=1S/C14H17N3O2S2/c18-10-3-5-17(6-4-10)8-13(19)16-14-15-11(9-21-14)12-2-1-7-20-12/h1-2,7,9-10,18H,3-6,8H2,(H,15,16,19). The molecule has 112 valence electrons. The second-order valence-corrected chi connectivity index (χ2v) is 6.88. The number of hydrogen-bond acceptors (Lipinski definition) is 6. The van der Waals surface area contributed by atoms with Crippen LogP contribution in [0.3, 0.4) is 0 Å². The summed E-state index contributed by atoms with van der Waals surface area (Å²) in [5, 5.41) is 16.9. The highest BCUT2D eigenvalue weighted by Gasteiger charge is 2.19. The van der Waals surface area contributed by atoms with Gasteiger partial charge in [0.25, 0.3) is 0 Å². The van der Waals surface area contributed by atoms with Crippen LogP contribution in [0.5, 0.6) is 0 Å². The number of carbonyl (C=O) groups is 1. The fraction of sp³-hybridized carbons (Fsp3) is 0.429.